The van der Waals surface area contributed by atoms with Crippen LogP contribution in [0.15, 0.2) is 53.4 Å². The number of morpholine rings is 1. The summed E-state index contributed by atoms with van der Waals surface area (Å²) >= 11 is 5.45. The number of sulfonamides is 1. The number of ether oxygens (including phenoxy) is 1. The minimum atomic E-state index is -3.50. The highest BCUT2D eigenvalue weighted by molar-refractivity contribution is 7.89. The fourth-order valence-corrected chi connectivity index (χ4v) is 4.81. The van der Waals surface area contributed by atoms with Gasteiger partial charge in [-0.25, -0.2) is 8.42 Å². The summed E-state index contributed by atoms with van der Waals surface area (Å²) in [7, 11) is -3.50. The Labute approximate surface area is 178 Å². The molecule has 1 aliphatic rings. The molecule has 2 aromatic rings. The Morgan fingerprint density at radius 3 is 2.24 bits per heavy atom. The lowest BCUT2D eigenvalue weighted by atomic mass is 9.86. The van der Waals surface area contributed by atoms with E-state index in [2.05, 4.69) is 37.5 Å². The average Bonchev–Trinajstić information content (AvgIpc) is 2.68. The Morgan fingerprint density at radius 2 is 1.62 bits per heavy atom. The molecule has 0 unspecified atom stereocenters. The van der Waals surface area contributed by atoms with Crippen molar-refractivity contribution < 1.29 is 13.2 Å². The van der Waals surface area contributed by atoms with Gasteiger partial charge < -0.3 is 15.4 Å². The van der Waals surface area contributed by atoms with Gasteiger partial charge in [-0.2, -0.15) is 4.31 Å². The van der Waals surface area contributed by atoms with Gasteiger partial charge in [-0.3, -0.25) is 0 Å². The van der Waals surface area contributed by atoms with Crippen LogP contribution in [0.1, 0.15) is 26.3 Å². The first-order valence-corrected chi connectivity index (χ1v) is 11.4. The number of para-hydroxylation sites is 1. The van der Waals surface area contributed by atoms with E-state index in [1.165, 1.54) is 4.31 Å². The summed E-state index contributed by atoms with van der Waals surface area (Å²) in [6.45, 7) is 8.06. The minimum Gasteiger partial charge on any atom is -0.379 e. The Morgan fingerprint density at radius 1 is 1.00 bits per heavy atom. The molecule has 156 valence electrons. The summed E-state index contributed by atoms with van der Waals surface area (Å²) in [5.74, 6) is 0. The van der Waals surface area contributed by atoms with Gasteiger partial charge in [0.25, 0.3) is 0 Å². The minimum absolute atomic E-state index is 0.0191. The first kappa shape index (κ1) is 21.7. The van der Waals surface area contributed by atoms with E-state index in [1.807, 2.05) is 18.2 Å². The lowest BCUT2D eigenvalue weighted by Gasteiger charge is -2.26. The van der Waals surface area contributed by atoms with Gasteiger partial charge in [0.05, 0.1) is 18.1 Å². The van der Waals surface area contributed by atoms with E-state index in [0.29, 0.717) is 31.4 Å². The van der Waals surface area contributed by atoms with Gasteiger partial charge >= 0.3 is 0 Å². The molecular weight excluding hydrogens is 406 g/mol. The molecule has 0 bridgehead atoms. The number of rotatable bonds is 4. The summed E-state index contributed by atoms with van der Waals surface area (Å²) < 4.78 is 32.1. The Bertz CT molecular complexity index is 961. The predicted octanol–water partition coefficient (Wildman–Crippen LogP) is 3.81. The highest BCUT2D eigenvalue weighted by Crippen LogP contribution is 2.29. The lowest BCUT2D eigenvalue weighted by Crippen LogP contribution is -2.40. The van der Waals surface area contributed by atoms with E-state index in [4.69, 9.17) is 17.0 Å². The SMILES string of the molecule is CC(C)(C)c1ccccc1NC(=S)Nc1ccc(S(=O)(=O)N2CCOCC2)cc1. The standard InChI is InChI=1S/C21H27N3O3S2/c1-21(2,3)18-6-4-5-7-19(18)23-20(28)22-16-8-10-17(11-9-16)29(25,26)24-12-14-27-15-13-24/h4-11H,12-15H2,1-3H3,(H2,22,23,28). The van der Waals surface area contributed by atoms with Crippen molar-refractivity contribution in [2.45, 2.75) is 31.1 Å². The number of hydrogen-bond donors (Lipinski definition) is 2. The zero-order valence-corrected chi connectivity index (χ0v) is 18.6. The van der Waals surface area contributed by atoms with Gasteiger partial charge in [-0.1, -0.05) is 39.0 Å². The molecule has 1 aliphatic heterocycles. The molecule has 8 heteroatoms. The maximum Gasteiger partial charge on any atom is 0.243 e. The number of benzene rings is 2. The van der Waals surface area contributed by atoms with Crippen molar-refractivity contribution in [1.29, 1.82) is 0 Å². The Balaban J connectivity index is 1.68. The van der Waals surface area contributed by atoms with Crippen LogP contribution in [0.4, 0.5) is 11.4 Å². The van der Waals surface area contributed by atoms with Gasteiger partial charge in [-0.05, 0) is 53.5 Å². The molecule has 0 amide bonds. The van der Waals surface area contributed by atoms with E-state index in [-0.39, 0.29) is 10.3 Å². The molecule has 6 nitrogen and oxygen atoms in total. The van der Waals surface area contributed by atoms with E-state index in [0.717, 1.165) is 16.9 Å². The van der Waals surface area contributed by atoms with Crippen molar-refractivity contribution >= 4 is 38.7 Å². The quantitative estimate of drug-likeness (QED) is 0.715. The molecule has 0 aliphatic carbocycles. The number of hydrogen-bond acceptors (Lipinski definition) is 4. The number of thiocarbonyl (C=S) groups is 1. The van der Waals surface area contributed by atoms with Crippen LogP contribution in [0, 0.1) is 0 Å². The van der Waals surface area contributed by atoms with Crippen molar-refractivity contribution in [2.75, 3.05) is 36.9 Å². The second-order valence-corrected chi connectivity index (χ2v) is 10.3. The van der Waals surface area contributed by atoms with E-state index < -0.39 is 10.0 Å². The predicted molar refractivity (Wildman–Crippen MR) is 121 cm³/mol. The van der Waals surface area contributed by atoms with Gasteiger partial charge in [0.2, 0.25) is 10.0 Å². The topological polar surface area (TPSA) is 70.7 Å². The molecule has 1 heterocycles. The summed E-state index contributed by atoms with van der Waals surface area (Å²) in [6.07, 6.45) is 0. The highest BCUT2D eigenvalue weighted by Gasteiger charge is 2.26. The number of nitrogens with zero attached hydrogens (tertiary/aromatic N) is 1. The molecule has 29 heavy (non-hydrogen) atoms. The third kappa shape index (κ3) is 5.33. The van der Waals surface area contributed by atoms with Crippen LogP contribution in [-0.4, -0.2) is 44.1 Å². The molecule has 1 fully saturated rings. The van der Waals surface area contributed by atoms with E-state index >= 15 is 0 Å². The van der Waals surface area contributed by atoms with Crippen molar-refractivity contribution in [3.05, 3.63) is 54.1 Å². The van der Waals surface area contributed by atoms with Crippen LogP contribution in [0.25, 0.3) is 0 Å². The monoisotopic (exact) mass is 433 g/mol. The molecule has 3 rings (SSSR count). The first-order chi connectivity index (χ1) is 13.7. The van der Waals surface area contributed by atoms with Crippen molar-refractivity contribution in [2.24, 2.45) is 0 Å². The smallest absolute Gasteiger partial charge is 0.243 e. The fraction of sp³-hybridized carbons (Fsp3) is 0.381. The fourth-order valence-electron chi connectivity index (χ4n) is 3.18. The summed E-state index contributed by atoms with van der Waals surface area (Å²) in [5, 5.41) is 6.81. The second-order valence-electron chi connectivity index (χ2n) is 7.92. The van der Waals surface area contributed by atoms with Crippen LogP contribution in [0.3, 0.4) is 0 Å². The van der Waals surface area contributed by atoms with Crippen LogP contribution in [-0.2, 0) is 20.2 Å². The van der Waals surface area contributed by atoms with Crippen molar-refractivity contribution in [1.82, 2.24) is 4.31 Å². The molecule has 1 saturated heterocycles. The van der Waals surface area contributed by atoms with E-state index in [1.54, 1.807) is 24.3 Å². The summed E-state index contributed by atoms with van der Waals surface area (Å²) in [6, 6.07) is 14.7. The van der Waals surface area contributed by atoms with Crippen molar-refractivity contribution in [3.63, 3.8) is 0 Å². The molecule has 0 spiro atoms. The maximum absolute atomic E-state index is 12.7. The third-order valence-electron chi connectivity index (χ3n) is 4.70. The third-order valence-corrected chi connectivity index (χ3v) is 6.82. The van der Waals surface area contributed by atoms with Crippen LogP contribution in [0.2, 0.25) is 0 Å². The zero-order valence-electron chi connectivity index (χ0n) is 16.9. The van der Waals surface area contributed by atoms with Crippen LogP contribution >= 0.6 is 12.2 Å². The lowest BCUT2D eigenvalue weighted by molar-refractivity contribution is 0.0730. The van der Waals surface area contributed by atoms with Crippen LogP contribution in [0.5, 0.6) is 0 Å². The molecule has 0 saturated carbocycles. The average molecular weight is 434 g/mol. The molecule has 2 aromatic carbocycles. The molecule has 0 radical (unpaired) electrons. The Hall–Kier alpha value is -2.00. The molecule has 2 N–H and O–H groups in total. The van der Waals surface area contributed by atoms with Gasteiger partial charge in [0.15, 0.2) is 5.11 Å². The van der Waals surface area contributed by atoms with Gasteiger partial charge in [0, 0.05) is 24.5 Å². The first-order valence-electron chi connectivity index (χ1n) is 9.53. The maximum atomic E-state index is 12.7. The normalized spacial score (nSPS) is 15.7. The van der Waals surface area contributed by atoms with Crippen molar-refractivity contribution in [3.8, 4) is 0 Å². The summed E-state index contributed by atoms with van der Waals surface area (Å²) in [5.41, 5.74) is 2.81. The second kappa shape index (κ2) is 8.79. The molecular formula is C21H27N3O3S2. The van der Waals surface area contributed by atoms with Gasteiger partial charge in [0.1, 0.15) is 0 Å². The number of nitrogens with one attached hydrogen (secondary N) is 2. The zero-order chi connectivity index (χ0) is 21.1. The van der Waals surface area contributed by atoms with E-state index in [9.17, 15) is 8.42 Å². The molecule has 0 aromatic heterocycles. The largest absolute Gasteiger partial charge is 0.379 e. The van der Waals surface area contributed by atoms with Crippen LogP contribution < -0.4 is 10.6 Å². The molecule has 0 atom stereocenters. The summed E-state index contributed by atoms with van der Waals surface area (Å²) in [4.78, 5) is 0.266. The highest BCUT2D eigenvalue weighted by atomic mass is 32.2. The Kier molecular flexibility index (Phi) is 6.58. The number of anilines is 2. The van der Waals surface area contributed by atoms with Gasteiger partial charge in [-0.15, -0.1) is 0 Å².